The van der Waals surface area contributed by atoms with E-state index in [1.54, 1.807) is 7.11 Å². The van der Waals surface area contributed by atoms with Gasteiger partial charge in [-0.15, -0.1) is 0 Å². The minimum absolute atomic E-state index is 0.287. The Morgan fingerprint density at radius 1 is 1.17 bits per heavy atom. The van der Waals surface area contributed by atoms with Crippen molar-refractivity contribution in [2.75, 3.05) is 33.3 Å². The van der Waals surface area contributed by atoms with Crippen LogP contribution in [0.4, 0.5) is 0 Å². The quantitative estimate of drug-likeness (QED) is 0.780. The van der Waals surface area contributed by atoms with Crippen LogP contribution in [0.5, 0.6) is 5.75 Å². The van der Waals surface area contributed by atoms with Crippen molar-refractivity contribution in [3.05, 3.63) is 28.2 Å². The Morgan fingerprint density at radius 3 is 2.54 bits per heavy atom. The summed E-state index contributed by atoms with van der Waals surface area (Å²) in [4.78, 5) is 17.1. The van der Waals surface area contributed by atoms with Crippen LogP contribution in [0, 0.1) is 5.92 Å². The number of amides is 1. The summed E-state index contributed by atoms with van der Waals surface area (Å²) in [5.41, 5.74) is 1.19. The van der Waals surface area contributed by atoms with E-state index in [2.05, 4.69) is 31.8 Å². The molecule has 1 aliphatic heterocycles. The number of halogens is 1. The minimum Gasteiger partial charge on any atom is -0.496 e. The number of methoxy groups -OCH3 is 1. The Bertz CT molecular complexity index is 564. The highest BCUT2D eigenvalue weighted by molar-refractivity contribution is 9.10. The molecular formula is C19H27BrN2O2. The molecule has 0 spiro atoms. The van der Waals surface area contributed by atoms with Gasteiger partial charge in [-0.05, 0) is 31.0 Å². The number of hydrogen-bond donors (Lipinski definition) is 0. The van der Waals surface area contributed by atoms with Crippen LogP contribution in [0.2, 0.25) is 0 Å². The first-order chi connectivity index (χ1) is 11.7. The average molecular weight is 395 g/mol. The Kier molecular flexibility index (Phi) is 6.17. The third-order valence-corrected chi connectivity index (χ3v) is 5.77. The summed E-state index contributed by atoms with van der Waals surface area (Å²) in [5, 5.41) is 0. The van der Waals surface area contributed by atoms with Crippen molar-refractivity contribution in [2.45, 2.75) is 38.6 Å². The van der Waals surface area contributed by atoms with Gasteiger partial charge >= 0.3 is 0 Å². The maximum absolute atomic E-state index is 12.6. The number of ether oxygens (including phenoxy) is 1. The highest BCUT2D eigenvalue weighted by atomic mass is 79.9. The molecule has 0 bridgehead atoms. The average Bonchev–Trinajstić information content (AvgIpc) is 2.63. The van der Waals surface area contributed by atoms with E-state index in [-0.39, 0.29) is 5.92 Å². The van der Waals surface area contributed by atoms with Crippen molar-refractivity contribution in [2.24, 2.45) is 5.92 Å². The maximum Gasteiger partial charge on any atom is 0.225 e. The second kappa shape index (κ2) is 8.34. The molecule has 2 fully saturated rings. The number of carbonyl (C=O) groups excluding carboxylic acids is 1. The zero-order valence-electron chi connectivity index (χ0n) is 14.5. The van der Waals surface area contributed by atoms with Crippen LogP contribution in [0.15, 0.2) is 22.7 Å². The smallest absolute Gasteiger partial charge is 0.225 e. The molecule has 0 unspecified atom stereocenters. The van der Waals surface area contributed by atoms with Crippen LogP contribution in [-0.2, 0) is 11.3 Å². The fourth-order valence-corrected chi connectivity index (χ4v) is 4.25. The maximum atomic E-state index is 12.6. The molecule has 1 aromatic rings. The van der Waals surface area contributed by atoms with E-state index in [0.717, 1.165) is 55.8 Å². The highest BCUT2D eigenvalue weighted by Crippen LogP contribution is 2.27. The third kappa shape index (κ3) is 4.31. The van der Waals surface area contributed by atoms with Gasteiger partial charge in [0.2, 0.25) is 5.91 Å². The molecule has 0 N–H and O–H groups in total. The van der Waals surface area contributed by atoms with Crippen LogP contribution < -0.4 is 4.74 Å². The summed E-state index contributed by atoms with van der Waals surface area (Å²) in [5.74, 6) is 1.61. The van der Waals surface area contributed by atoms with Crippen LogP contribution in [0.1, 0.15) is 37.7 Å². The summed E-state index contributed by atoms with van der Waals surface area (Å²) in [6.45, 7) is 4.45. The van der Waals surface area contributed by atoms with Gasteiger partial charge in [-0.25, -0.2) is 0 Å². The van der Waals surface area contributed by atoms with Gasteiger partial charge < -0.3 is 9.64 Å². The van der Waals surface area contributed by atoms with Crippen molar-refractivity contribution in [3.63, 3.8) is 0 Å². The predicted molar refractivity (Wildman–Crippen MR) is 99.1 cm³/mol. The van der Waals surface area contributed by atoms with E-state index in [9.17, 15) is 4.79 Å². The topological polar surface area (TPSA) is 32.8 Å². The zero-order valence-corrected chi connectivity index (χ0v) is 16.1. The predicted octanol–water partition coefficient (Wildman–Crippen LogP) is 3.68. The second-order valence-corrected chi connectivity index (χ2v) is 7.81. The van der Waals surface area contributed by atoms with Crippen LogP contribution >= 0.6 is 15.9 Å². The standard InChI is InChI=1S/C19H27BrN2O2/c1-24-18-8-7-17(20)13-16(18)14-21-9-11-22(12-10-21)19(23)15-5-3-2-4-6-15/h7-8,13,15H,2-6,9-12,14H2,1H3. The molecule has 0 radical (unpaired) electrons. The third-order valence-electron chi connectivity index (χ3n) is 5.27. The van der Waals surface area contributed by atoms with Crippen molar-refractivity contribution < 1.29 is 9.53 Å². The lowest BCUT2D eigenvalue weighted by Gasteiger charge is -2.37. The Morgan fingerprint density at radius 2 is 1.88 bits per heavy atom. The molecule has 24 heavy (non-hydrogen) atoms. The molecule has 0 aromatic heterocycles. The van der Waals surface area contributed by atoms with E-state index < -0.39 is 0 Å². The summed E-state index contributed by atoms with van der Waals surface area (Å²) >= 11 is 3.54. The molecule has 2 aliphatic rings. The number of rotatable bonds is 4. The van der Waals surface area contributed by atoms with E-state index >= 15 is 0 Å². The van der Waals surface area contributed by atoms with E-state index in [1.807, 2.05) is 12.1 Å². The van der Waals surface area contributed by atoms with Gasteiger partial charge in [0, 0.05) is 48.7 Å². The lowest BCUT2D eigenvalue weighted by molar-refractivity contribution is -0.138. The number of hydrogen-bond acceptors (Lipinski definition) is 3. The molecule has 1 aliphatic carbocycles. The zero-order chi connectivity index (χ0) is 16.9. The van der Waals surface area contributed by atoms with Crippen LogP contribution in [-0.4, -0.2) is 49.0 Å². The molecule has 0 atom stereocenters. The van der Waals surface area contributed by atoms with Crippen molar-refractivity contribution >= 4 is 21.8 Å². The Labute approximate surface area is 153 Å². The highest BCUT2D eigenvalue weighted by Gasteiger charge is 2.28. The number of piperazine rings is 1. The summed E-state index contributed by atoms with van der Waals surface area (Å²) in [6.07, 6.45) is 5.92. The lowest BCUT2D eigenvalue weighted by atomic mass is 9.88. The minimum atomic E-state index is 0.287. The molecule has 132 valence electrons. The van der Waals surface area contributed by atoms with E-state index in [1.165, 1.54) is 24.8 Å². The Balaban J connectivity index is 1.53. The fraction of sp³-hybridized carbons (Fsp3) is 0.632. The number of nitrogens with zero attached hydrogens (tertiary/aromatic N) is 2. The molecule has 1 saturated heterocycles. The van der Waals surface area contributed by atoms with Gasteiger partial charge in [-0.1, -0.05) is 35.2 Å². The van der Waals surface area contributed by atoms with E-state index in [0.29, 0.717) is 5.91 Å². The van der Waals surface area contributed by atoms with Crippen molar-refractivity contribution in [1.29, 1.82) is 0 Å². The first-order valence-corrected chi connectivity index (χ1v) is 9.80. The van der Waals surface area contributed by atoms with Gasteiger partial charge in [0.25, 0.3) is 0 Å². The molecule has 1 amide bonds. The van der Waals surface area contributed by atoms with Crippen LogP contribution in [0.25, 0.3) is 0 Å². The molecule has 4 nitrogen and oxygen atoms in total. The van der Waals surface area contributed by atoms with Crippen molar-refractivity contribution in [1.82, 2.24) is 9.80 Å². The van der Waals surface area contributed by atoms with Gasteiger partial charge in [0.15, 0.2) is 0 Å². The number of carbonyl (C=O) groups is 1. The largest absolute Gasteiger partial charge is 0.496 e. The van der Waals surface area contributed by atoms with Crippen LogP contribution in [0.3, 0.4) is 0 Å². The van der Waals surface area contributed by atoms with Gasteiger partial charge in [-0.3, -0.25) is 9.69 Å². The Hall–Kier alpha value is -1.07. The second-order valence-electron chi connectivity index (χ2n) is 6.89. The summed E-state index contributed by atoms with van der Waals surface area (Å²) in [6, 6.07) is 6.13. The normalized spacial score (nSPS) is 20.2. The molecule has 3 rings (SSSR count). The first kappa shape index (κ1) is 17.7. The molecule has 1 heterocycles. The van der Waals surface area contributed by atoms with Gasteiger partial charge in [-0.2, -0.15) is 0 Å². The molecule has 5 heteroatoms. The monoisotopic (exact) mass is 394 g/mol. The molecule has 1 aromatic carbocycles. The van der Waals surface area contributed by atoms with E-state index in [4.69, 9.17) is 4.74 Å². The lowest BCUT2D eigenvalue weighted by Crippen LogP contribution is -2.50. The van der Waals surface area contributed by atoms with Gasteiger partial charge in [0.05, 0.1) is 7.11 Å². The van der Waals surface area contributed by atoms with Gasteiger partial charge in [0.1, 0.15) is 5.75 Å². The molecule has 1 saturated carbocycles. The first-order valence-electron chi connectivity index (χ1n) is 9.01. The summed E-state index contributed by atoms with van der Waals surface area (Å²) in [7, 11) is 1.72. The summed E-state index contributed by atoms with van der Waals surface area (Å²) < 4.78 is 6.54. The van der Waals surface area contributed by atoms with Crippen molar-refractivity contribution in [3.8, 4) is 5.75 Å². The molecular weight excluding hydrogens is 368 g/mol. The number of benzene rings is 1. The SMILES string of the molecule is COc1ccc(Br)cc1CN1CCN(C(=O)C2CCCCC2)CC1. The fourth-order valence-electron chi connectivity index (χ4n) is 3.85.